The van der Waals surface area contributed by atoms with Gasteiger partial charge in [-0.15, -0.1) is 0 Å². The first-order valence-corrected chi connectivity index (χ1v) is 7.02. The van der Waals surface area contributed by atoms with Crippen molar-refractivity contribution in [2.24, 2.45) is 0 Å². The fraction of sp³-hybridized carbons (Fsp3) is 0.600. The Hall–Kier alpha value is -1.33. The molecule has 0 aromatic heterocycles. The van der Waals surface area contributed by atoms with Crippen LogP contribution in [0, 0.1) is 0 Å². The third kappa shape index (κ3) is 3.41. The van der Waals surface area contributed by atoms with Crippen LogP contribution in [0.3, 0.4) is 0 Å². The van der Waals surface area contributed by atoms with Gasteiger partial charge in [0.1, 0.15) is 11.5 Å². The predicted octanol–water partition coefficient (Wildman–Crippen LogP) is 2.01. The summed E-state index contributed by atoms with van der Waals surface area (Å²) >= 11 is 0. The van der Waals surface area contributed by atoms with Gasteiger partial charge in [0.2, 0.25) is 0 Å². The van der Waals surface area contributed by atoms with Crippen molar-refractivity contribution >= 4 is 0 Å². The van der Waals surface area contributed by atoms with Crippen LogP contribution in [0.2, 0.25) is 0 Å². The van der Waals surface area contributed by atoms with Crippen LogP contribution in [0.1, 0.15) is 18.0 Å². The van der Waals surface area contributed by atoms with Crippen LogP contribution in [0.15, 0.2) is 18.2 Å². The van der Waals surface area contributed by atoms with E-state index in [-0.39, 0.29) is 12.7 Å². The number of ether oxygens (including phenoxy) is 2. The van der Waals surface area contributed by atoms with E-state index in [9.17, 15) is 4.39 Å². The van der Waals surface area contributed by atoms with E-state index >= 15 is 0 Å². The first kappa shape index (κ1) is 15.1. The van der Waals surface area contributed by atoms with Gasteiger partial charge in [-0.2, -0.15) is 0 Å². The van der Waals surface area contributed by atoms with Crippen LogP contribution in [0.25, 0.3) is 0 Å². The van der Waals surface area contributed by atoms with Gasteiger partial charge in [0.25, 0.3) is 0 Å². The summed E-state index contributed by atoms with van der Waals surface area (Å²) in [4.78, 5) is 2.31. The van der Waals surface area contributed by atoms with E-state index in [1.54, 1.807) is 14.2 Å². The normalized spacial score (nSPS) is 17.8. The molecule has 4 nitrogen and oxygen atoms in total. The second-order valence-electron chi connectivity index (χ2n) is 4.89. The number of halogens is 1. The molecule has 112 valence electrons. The van der Waals surface area contributed by atoms with Crippen molar-refractivity contribution in [1.29, 1.82) is 0 Å². The molecule has 1 aliphatic rings. The lowest BCUT2D eigenvalue weighted by Crippen LogP contribution is -2.45. The third-order valence-electron chi connectivity index (χ3n) is 3.77. The quantitative estimate of drug-likeness (QED) is 0.865. The van der Waals surface area contributed by atoms with Crippen LogP contribution in [0.5, 0.6) is 11.5 Å². The summed E-state index contributed by atoms with van der Waals surface area (Å²) in [5.74, 6) is 1.57. The molecule has 5 heteroatoms. The third-order valence-corrected chi connectivity index (χ3v) is 3.77. The van der Waals surface area contributed by atoms with E-state index < -0.39 is 0 Å². The van der Waals surface area contributed by atoms with E-state index in [0.717, 1.165) is 43.2 Å². The Morgan fingerprint density at radius 3 is 2.60 bits per heavy atom. The van der Waals surface area contributed by atoms with E-state index in [4.69, 9.17) is 9.47 Å². The Morgan fingerprint density at radius 1 is 1.25 bits per heavy atom. The Kier molecular flexibility index (Phi) is 5.61. The molecule has 1 saturated heterocycles. The molecular weight excluding hydrogens is 259 g/mol. The number of alkyl halides is 1. The molecule has 1 N–H and O–H groups in total. The highest BCUT2D eigenvalue weighted by atomic mass is 19.1. The Labute approximate surface area is 119 Å². The molecule has 1 aromatic rings. The summed E-state index contributed by atoms with van der Waals surface area (Å²) < 4.78 is 23.7. The molecule has 0 spiro atoms. The molecule has 0 bridgehead atoms. The van der Waals surface area contributed by atoms with Crippen molar-refractivity contribution in [3.8, 4) is 11.5 Å². The van der Waals surface area contributed by atoms with Crippen LogP contribution in [0.4, 0.5) is 4.39 Å². The van der Waals surface area contributed by atoms with E-state index in [1.807, 2.05) is 18.2 Å². The number of hydrogen-bond donors (Lipinski definition) is 1. The maximum Gasteiger partial charge on any atom is 0.123 e. The Balaban J connectivity index is 2.30. The van der Waals surface area contributed by atoms with Gasteiger partial charge in [0, 0.05) is 37.8 Å². The molecule has 1 aromatic carbocycles. The minimum absolute atomic E-state index is 0.0344. The second kappa shape index (κ2) is 7.45. The van der Waals surface area contributed by atoms with Gasteiger partial charge in [0.05, 0.1) is 20.9 Å². The molecule has 0 amide bonds. The number of hydrogen-bond acceptors (Lipinski definition) is 4. The number of nitrogens with one attached hydrogen (secondary N) is 1. The van der Waals surface area contributed by atoms with E-state index in [1.165, 1.54) is 0 Å². The Bertz CT molecular complexity index is 422. The van der Waals surface area contributed by atoms with Gasteiger partial charge >= 0.3 is 0 Å². The number of piperazine rings is 1. The molecule has 0 aliphatic carbocycles. The molecule has 1 atom stereocenters. The standard InChI is InChI=1S/C15H23FN2O2/c1-19-12-3-4-15(20-2)13(11-12)14(5-6-16)18-9-7-17-8-10-18/h3-4,11,14,17H,5-10H2,1-2H3/t14-/m0/s1. The highest BCUT2D eigenvalue weighted by Gasteiger charge is 2.25. The predicted molar refractivity (Wildman–Crippen MR) is 77.3 cm³/mol. The van der Waals surface area contributed by atoms with Gasteiger partial charge in [0.15, 0.2) is 0 Å². The fourth-order valence-electron chi connectivity index (χ4n) is 2.73. The topological polar surface area (TPSA) is 33.7 Å². The Morgan fingerprint density at radius 2 is 2.00 bits per heavy atom. The van der Waals surface area contributed by atoms with Crippen LogP contribution in [-0.2, 0) is 0 Å². The van der Waals surface area contributed by atoms with E-state index in [0.29, 0.717) is 6.42 Å². The minimum Gasteiger partial charge on any atom is -0.497 e. The van der Waals surface area contributed by atoms with E-state index in [2.05, 4.69) is 10.2 Å². The van der Waals surface area contributed by atoms with Crippen LogP contribution >= 0.6 is 0 Å². The average molecular weight is 282 g/mol. The molecule has 1 heterocycles. The first-order valence-electron chi connectivity index (χ1n) is 7.02. The monoisotopic (exact) mass is 282 g/mol. The molecular formula is C15H23FN2O2. The number of benzene rings is 1. The summed E-state index contributed by atoms with van der Waals surface area (Å²) in [5, 5.41) is 3.32. The van der Waals surface area contributed by atoms with Gasteiger partial charge in [-0.05, 0) is 24.6 Å². The highest BCUT2D eigenvalue weighted by Crippen LogP contribution is 2.34. The lowest BCUT2D eigenvalue weighted by Gasteiger charge is -2.35. The number of nitrogens with zero attached hydrogens (tertiary/aromatic N) is 1. The van der Waals surface area contributed by atoms with Gasteiger partial charge in [-0.3, -0.25) is 9.29 Å². The minimum atomic E-state index is -0.338. The SMILES string of the molecule is COc1ccc(OC)c([C@H](CCF)N2CCNCC2)c1. The lowest BCUT2D eigenvalue weighted by molar-refractivity contribution is 0.154. The highest BCUT2D eigenvalue weighted by molar-refractivity contribution is 5.42. The van der Waals surface area contributed by atoms with Crippen molar-refractivity contribution in [3.63, 3.8) is 0 Å². The van der Waals surface area contributed by atoms with Crippen molar-refractivity contribution < 1.29 is 13.9 Å². The molecule has 1 fully saturated rings. The summed E-state index contributed by atoms with van der Waals surface area (Å²) in [6, 6.07) is 5.75. The van der Waals surface area contributed by atoms with Crippen molar-refractivity contribution in [1.82, 2.24) is 10.2 Å². The summed E-state index contributed by atoms with van der Waals surface area (Å²) in [6.45, 7) is 3.38. The number of methoxy groups -OCH3 is 2. The van der Waals surface area contributed by atoms with Gasteiger partial charge < -0.3 is 14.8 Å². The summed E-state index contributed by atoms with van der Waals surface area (Å²) in [5.41, 5.74) is 1.01. The van der Waals surface area contributed by atoms with Crippen molar-refractivity contribution in [3.05, 3.63) is 23.8 Å². The van der Waals surface area contributed by atoms with Crippen LogP contribution in [-0.4, -0.2) is 52.0 Å². The molecule has 20 heavy (non-hydrogen) atoms. The fourth-order valence-corrected chi connectivity index (χ4v) is 2.73. The summed E-state index contributed by atoms with van der Waals surface area (Å²) in [6.07, 6.45) is 0.476. The van der Waals surface area contributed by atoms with Gasteiger partial charge in [-0.1, -0.05) is 0 Å². The van der Waals surface area contributed by atoms with Crippen molar-refractivity contribution in [2.75, 3.05) is 47.1 Å². The molecule has 1 aliphatic heterocycles. The number of rotatable bonds is 6. The zero-order valence-corrected chi connectivity index (χ0v) is 12.2. The largest absolute Gasteiger partial charge is 0.497 e. The lowest BCUT2D eigenvalue weighted by atomic mass is 10.00. The maximum atomic E-state index is 13.0. The maximum absolute atomic E-state index is 13.0. The molecule has 0 unspecified atom stereocenters. The molecule has 2 rings (SSSR count). The average Bonchev–Trinajstić information content (AvgIpc) is 2.53. The van der Waals surface area contributed by atoms with Crippen molar-refractivity contribution in [2.45, 2.75) is 12.5 Å². The smallest absolute Gasteiger partial charge is 0.123 e. The summed E-state index contributed by atoms with van der Waals surface area (Å²) in [7, 11) is 3.29. The zero-order chi connectivity index (χ0) is 14.4. The van der Waals surface area contributed by atoms with Gasteiger partial charge in [-0.25, -0.2) is 0 Å². The molecule has 0 radical (unpaired) electrons. The van der Waals surface area contributed by atoms with Crippen LogP contribution < -0.4 is 14.8 Å². The zero-order valence-electron chi connectivity index (χ0n) is 12.2. The second-order valence-corrected chi connectivity index (χ2v) is 4.89. The molecule has 0 saturated carbocycles. The first-order chi connectivity index (χ1) is 9.80.